The van der Waals surface area contributed by atoms with E-state index >= 15 is 0 Å². The number of hydrogen-bond acceptors (Lipinski definition) is 3. The fraction of sp³-hybridized carbons (Fsp3) is 0.350. The van der Waals surface area contributed by atoms with E-state index in [1.54, 1.807) is 24.3 Å². The summed E-state index contributed by atoms with van der Waals surface area (Å²) in [5, 5.41) is 0. The molecule has 0 spiro atoms. The Bertz CT molecular complexity index is 712. The third-order valence-electron chi connectivity index (χ3n) is 3.60. The van der Waals surface area contributed by atoms with Gasteiger partial charge in [-0.25, -0.2) is 0 Å². The molecular formula is C20H25NO2. The maximum atomic E-state index is 12.9. The third kappa shape index (κ3) is 4.13. The molecule has 0 aliphatic rings. The molecule has 2 aromatic carbocycles. The first kappa shape index (κ1) is 17.1. The molecule has 122 valence electrons. The van der Waals surface area contributed by atoms with Crippen LogP contribution in [-0.2, 0) is 5.41 Å². The Morgan fingerprint density at radius 1 is 1.09 bits per heavy atom. The lowest BCUT2D eigenvalue weighted by atomic mass is 9.85. The standard InChI is InChI=1S/C20H25NO2/c1-13(2)23-18-10-9-15(20(3,4)5)12-17(18)19(22)14-7-6-8-16(21)11-14/h6-13H,21H2,1-5H3. The molecule has 0 radical (unpaired) electrons. The van der Waals surface area contributed by atoms with Crippen molar-refractivity contribution in [3.63, 3.8) is 0 Å². The molecule has 2 rings (SSSR count). The van der Waals surface area contributed by atoms with Crippen LogP contribution in [0, 0.1) is 0 Å². The lowest BCUT2D eigenvalue weighted by Crippen LogP contribution is -2.15. The molecule has 0 aliphatic carbocycles. The lowest BCUT2D eigenvalue weighted by Gasteiger charge is -2.22. The maximum Gasteiger partial charge on any atom is 0.196 e. The zero-order valence-corrected chi connectivity index (χ0v) is 14.5. The zero-order chi connectivity index (χ0) is 17.2. The van der Waals surface area contributed by atoms with Gasteiger partial charge in [-0.1, -0.05) is 39.0 Å². The molecule has 0 heterocycles. The van der Waals surface area contributed by atoms with Crippen LogP contribution in [0.3, 0.4) is 0 Å². The zero-order valence-electron chi connectivity index (χ0n) is 14.5. The first-order valence-electron chi connectivity index (χ1n) is 7.90. The average molecular weight is 311 g/mol. The van der Waals surface area contributed by atoms with Crippen molar-refractivity contribution < 1.29 is 9.53 Å². The molecule has 0 aromatic heterocycles. The van der Waals surface area contributed by atoms with Crippen LogP contribution >= 0.6 is 0 Å². The largest absolute Gasteiger partial charge is 0.490 e. The van der Waals surface area contributed by atoms with Crippen LogP contribution in [-0.4, -0.2) is 11.9 Å². The second kappa shape index (κ2) is 6.45. The molecule has 0 fully saturated rings. The average Bonchev–Trinajstić information content (AvgIpc) is 2.45. The normalized spacial score (nSPS) is 11.6. The number of ketones is 1. The Kier molecular flexibility index (Phi) is 4.79. The predicted molar refractivity (Wildman–Crippen MR) is 95.2 cm³/mol. The van der Waals surface area contributed by atoms with Gasteiger partial charge < -0.3 is 10.5 Å². The van der Waals surface area contributed by atoms with E-state index in [1.807, 2.05) is 32.0 Å². The van der Waals surface area contributed by atoms with Gasteiger partial charge in [0.1, 0.15) is 5.75 Å². The molecule has 0 saturated heterocycles. The van der Waals surface area contributed by atoms with Crippen LogP contribution in [0.5, 0.6) is 5.75 Å². The van der Waals surface area contributed by atoms with Crippen LogP contribution in [0.4, 0.5) is 5.69 Å². The Hall–Kier alpha value is -2.29. The van der Waals surface area contributed by atoms with Gasteiger partial charge in [-0.2, -0.15) is 0 Å². The van der Waals surface area contributed by atoms with Gasteiger partial charge in [0.15, 0.2) is 5.78 Å². The van der Waals surface area contributed by atoms with Crippen LogP contribution in [0.1, 0.15) is 56.1 Å². The van der Waals surface area contributed by atoms with Gasteiger partial charge in [0.2, 0.25) is 0 Å². The van der Waals surface area contributed by atoms with Crippen molar-refractivity contribution in [2.45, 2.75) is 46.1 Å². The summed E-state index contributed by atoms with van der Waals surface area (Å²) in [7, 11) is 0. The molecule has 0 bridgehead atoms. The molecule has 0 unspecified atom stereocenters. The summed E-state index contributed by atoms with van der Waals surface area (Å²) in [6.45, 7) is 10.3. The van der Waals surface area contributed by atoms with Crippen molar-refractivity contribution in [2.75, 3.05) is 5.73 Å². The van der Waals surface area contributed by atoms with Gasteiger partial charge in [0, 0.05) is 11.3 Å². The molecule has 2 N–H and O–H groups in total. The number of carbonyl (C=O) groups excluding carboxylic acids is 1. The second-order valence-electron chi connectivity index (χ2n) is 7.08. The number of benzene rings is 2. The predicted octanol–water partition coefficient (Wildman–Crippen LogP) is 4.58. The highest BCUT2D eigenvalue weighted by molar-refractivity contribution is 6.11. The quantitative estimate of drug-likeness (QED) is 0.664. The molecule has 3 heteroatoms. The van der Waals surface area contributed by atoms with Gasteiger partial charge in [-0.3, -0.25) is 4.79 Å². The van der Waals surface area contributed by atoms with Crippen molar-refractivity contribution >= 4 is 11.5 Å². The fourth-order valence-corrected chi connectivity index (χ4v) is 2.37. The number of hydrogen-bond donors (Lipinski definition) is 1. The van der Waals surface area contributed by atoms with Gasteiger partial charge in [-0.05, 0) is 49.1 Å². The van der Waals surface area contributed by atoms with Crippen molar-refractivity contribution in [1.29, 1.82) is 0 Å². The van der Waals surface area contributed by atoms with Crippen LogP contribution in [0.25, 0.3) is 0 Å². The summed E-state index contributed by atoms with van der Waals surface area (Å²) in [5.41, 5.74) is 8.60. The molecule has 0 saturated carbocycles. The summed E-state index contributed by atoms with van der Waals surface area (Å²) >= 11 is 0. The van der Waals surface area contributed by atoms with Crippen LogP contribution < -0.4 is 10.5 Å². The van der Waals surface area contributed by atoms with Gasteiger partial charge >= 0.3 is 0 Å². The monoisotopic (exact) mass is 311 g/mol. The Balaban J connectivity index is 2.54. The van der Waals surface area contributed by atoms with E-state index in [4.69, 9.17) is 10.5 Å². The highest BCUT2D eigenvalue weighted by atomic mass is 16.5. The van der Waals surface area contributed by atoms with Crippen LogP contribution in [0.15, 0.2) is 42.5 Å². The second-order valence-corrected chi connectivity index (χ2v) is 7.08. The van der Waals surface area contributed by atoms with E-state index in [1.165, 1.54) is 0 Å². The molecule has 23 heavy (non-hydrogen) atoms. The summed E-state index contributed by atoms with van der Waals surface area (Å²) < 4.78 is 5.83. The number of anilines is 1. The number of rotatable bonds is 4. The third-order valence-corrected chi connectivity index (χ3v) is 3.60. The van der Waals surface area contributed by atoms with Crippen molar-refractivity contribution in [3.8, 4) is 5.75 Å². The molecular weight excluding hydrogens is 286 g/mol. The first-order valence-corrected chi connectivity index (χ1v) is 7.90. The van der Waals surface area contributed by atoms with Crippen LogP contribution in [0.2, 0.25) is 0 Å². The SMILES string of the molecule is CC(C)Oc1ccc(C(C)(C)C)cc1C(=O)c1cccc(N)c1. The number of ether oxygens (including phenoxy) is 1. The van der Waals surface area contributed by atoms with E-state index in [-0.39, 0.29) is 17.3 Å². The van der Waals surface area contributed by atoms with Crippen molar-refractivity contribution in [2.24, 2.45) is 0 Å². The minimum absolute atomic E-state index is 0.00267. The minimum atomic E-state index is -0.0703. The Morgan fingerprint density at radius 3 is 2.35 bits per heavy atom. The Labute approximate surface area is 138 Å². The van der Waals surface area contributed by atoms with Crippen molar-refractivity contribution in [1.82, 2.24) is 0 Å². The van der Waals surface area contributed by atoms with E-state index < -0.39 is 0 Å². The summed E-state index contributed by atoms with van der Waals surface area (Å²) in [6.07, 6.45) is 0.00267. The molecule has 2 aromatic rings. The first-order chi connectivity index (χ1) is 10.7. The fourth-order valence-electron chi connectivity index (χ4n) is 2.37. The van der Waals surface area contributed by atoms with Gasteiger partial charge in [0.25, 0.3) is 0 Å². The molecule has 0 aliphatic heterocycles. The van der Waals surface area contributed by atoms with Gasteiger partial charge in [-0.15, -0.1) is 0 Å². The van der Waals surface area contributed by atoms with E-state index in [0.29, 0.717) is 22.6 Å². The topological polar surface area (TPSA) is 52.3 Å². The number of nitrogen functional groups attached to an aromatic ring is 1. The summed E-state index contributed by atoms with van der Waals surface area (Å²) in [4.78, 5) is 12.9. The molecule has 3 nitrogen and oxygen atoms in total. The summed E-state index contributed by atoms with van der Waals surface area (Å²) in [6, 6.07) is 12.9. The van der Waals surface area contributed by atoms with E-state index in [2.05, 4.69) is 20.8 Å². The smallest absolute Gasteiger partial charge is 0.196 e. The lowest BCUT2D eigenvalue weighted by molar-refractivity contribution is 0.103. The molecule has 0 amide bonds. The maximum absolute atomic E-state index is 12.9. The highest BCUT2D eigenvalue weighted by Gasteiger charge is 2.21. The summed E-state index contributed by atoms with van der Waals surface area (Å²) in [5.74, 6) is 0.541. The van der Waals surface area contributed by atoms with E-state index in [9.17, 15) is 4.79 Å². The van der Waals surface area contributed by atoms with Crippen molar-refractivity contribution in [3.05, 3.63) is 59.2 Å². The number of nitrogens with two attached hydrogens (primary N) is 1. The molecule has 0 atom stereocenters. The Morgan fingerprint density at radius 2 is 1.78 bits per heavy atom. The highest BCUT2D eigenvalue weighted by Crippen LogP contribution is 2.30. The van der Waals surface area contributed by atoms with E-state index in [0.717, 1.165) is 5.56 Å². The van der Waals surface area contributed by atoms with Gasteiger partial charge in [0.05, 0.1) is 11.7 Å². The number of carbonyl (C=O) groups is 1. The minimum Gasteiger partial charge on any atom is -0.490 e.